The second-order valence-electron chi connectivity index (χ2n) is 8.61. The average molecular weight is 396 g/mol. The van der Waals surface area contributed by atoms with Crippen LogP contribution >= 0.6 is 0 Å². The average Bonchev–Trinajstić information content (AvgIpc) is 3.13. The van der Waals surface area contributed by atoms with Crippen molar-refractivity contribution in [2.24, 2.45) is 0 Å². The molecule has 6 heteroatoms. The fraction of sp³-hybridized carbons (Fsp3) is 0.391. The van der Waals surface area contributed by atoms with Crippen molar-refractivity contribution in [1.82, 2.24) is 4.98 Å². The first-order valence-corrected chi connectivity index (χ1v) is 9.84. The van der Waals surface area contributed by atoms with Crippen molar-refractivity contribution >= 4 is 22.7 Å². The Labute approximate surface area is 169 Å². The number of carbonyl (C=O) groups excluding carboxylic acids is 1. The molecule has 0 spiro atoms. The number of hydrogen-bond acceptors (Lipinski definition) is 4. The predicted octanol–water partition coefficient (Wildman–Crippen LogP) is 4.95. The Balaban J connectivity index is 1.64. The second kappa shape index (κ2) is 7.26. The molecule has 5 nitrogen and oxygen atoms in total. The summed E-state index contributed by atoms with van der Waals surface area (Å²) in [4.78, 5) is 17.9. The summed E-state index contributed by atoms with van der Waals surface area (Å²) in [5.74, 6) is 0.219. The first-order chi connectivity index (χ1) is 13.8. The molecule has 2 heterocycles. The van der Waals surface area contributed by atoms with Crippen molar-refractivity contribution in [3.8, 4) is 0 Å². The number of halogens is 1. The molecule has 0 saturated carbocycles. The first kappa shape index (κ1) is 19.6. The summed E-state index contributed by atoms with van der Waals surface area (Å²) in [7, 11) is 0. The molecular formula is C23H25FN2O3. The van der Waals surface area contributed by atoms with Crippen molar-refractivity contribution in [1.29, 1.82) is 0 Å². The van der Waals surface area contributed by atoms with Gasteiger partial charge in [-0.15, -0.1) is 0 Å². The molecule has 2 aromatic carbocycles. The van der Waals surface area contributed by atoms with Gasteiger partial charge in [0.1, 0.15) is 11.3 Å². The van der Waals surface area contributed by atoms with Gasteiger partial charge in [-0.1, -0.05) is 32.9 Å². The molecule has 1 N–H and O–H groups in total. The van der Waals surface area contributed by atoms with E-state index in [-0.39, 0.29) is 17.1 Å². The fourth-order valence-corrected chi connectivity index (χ4v) is 3.71. The van der Waals surface area contributed by atoms with Gasteiger partial charge in [0.05, 0.1) is 5.41 Å². The molecule has 152 valence electrons. The molecule has 0 bridgehead atoms. The van der Waals surface area contributed by atoms with Gasteiger partial charge in [0.2, 0.25) is 11.8 Å². The van der Waals surface area contributed by atoms with Crippen LogP contribution in [0.5, 0.6) is 0 Å². The summed E-state index contributed by atoms with van der Waals surface area (Å²) >= 11 is 0. The molecule has 0 aliphatic carbocycles. The Hall–Kier alpha value is -2.73. The van der Waals surface area contributed by atoms with E-state index in [1.807, 2.05) is 39.0 Å². The molecule has 1 saturated heterocycles. The maximum atomic E-state index is 13.4. The highest BCUT2D eigenvalue weighted by atomic mass is 19.1. The molecule has 0 unspecified atom stereocenters. The monoisotopic (exact) mass is 396 g/mol. The number of nitrogens with one attached hydrogen (secondary N) is 1. The van der Waals surface area contributed by atoms with Crippen molar-refractivity contribution in [3.63, 3.8) is 0 Å². The Morgan fingerprint density at radius 1 is 1.10 bits per heavy atom. The number of ether oxygens (including phenoxy) is 1. The molecule has 3 aromatic rings. The quantitative estimate of drug-likeness (QED) is 0.680. The lowest BCUT2D eigenvalue weighted by Crippen LogP contribution is -2.44. The number of hydrogen-bond donors (Lipinski definition) is 1. The van der Waals surface area contributed by atoms with Crippen LogP contribution in [0.25, 0.3) is 11.1 Å². The summed E-state index contributed by atoms with van der Waals surface area (Å²) in [6.45, 7) is 7.10. The van der Waals surface area contributed by atoms with Gasteiger partial charge in [-0.25, -0.2) is 9.37 Å². The Morgan fingerprint density at radius 3 is 2.45 bits per heavy atom. The second-order valence-corrected chi connectivity index (χ2v) is 8.61. The number of amides is 1. The van der Waals surface area contributed by atoms with Gasteiger partial charge in [-0.3, -0.25) is 4.79 Å². The molecule has 0 radical (unpaired) electrons. The van der Waals surface area contributed by atoms with E-state index in [0.29, 0.717) is 48.7 Å². The zero-order chi connectivity index (χ0) is 20.6. The molecular weight excluding hydrogens is 371 g/mol. The van der Waals surface area contributed by atoms with Crippen LogP contribution in [0, 0.1) is 5.82 Å². The molecule has 1 fully saturated rings. The van der Waals surface area contributed by atoms with Gasteiger partial charge in [0, 0.05) is 24.3 Å². The molecule has 29 heavy (non-hydrogen) atoms. The molecule has 0 atom stereocenters. The number of benzene rings is 2. The van der Waals surface area contributed by atoms with Crippen LogP contribution in [0.2, 0.25) is 0 Å². The smallest absolute Gasteiger partial charge is 0.235 e. The van der Waals surface area contributed by atoms with Gasteiger partial charge >= 0.3 is 0 Å². The zero-order valence-electron chi connectivity index (χ0n) is 16.9. The van der Waals surface area contributed by atoms with Crippen molar-refractivity contribution in [2.45, 2.75) is 44.4 Å². The lowest BCUT2D eigenvalue weighted by molar-refractivity contribution is -0.125. The van der Waals surface area contributed by atoms with Crippen LogP contribution in [0.15, 0.2) is 46.9 Å². The number of nitrogens with zero attached hydrogens (tertiary/aromatic N) is 1. The topological polar surface area (TPSA) is 64.4 Å². The molecule has 1 aliphatic rings. The number of anilines is 1. The van der Waals surface area contributed by atoms with Crippen LogP contribution in [0.3, 0.4) is 0 Å². The maximum absolute atomic E-state index is 13.4. The third-order valence-electron chi connectivity index (χ3n) is 5.46. The van der Waals surface area contributed by atoms with E-state index in [1.165, 1.54) is 12.1 Å². The highest BCUT2D eigenvalue weighted by Gasteiger charge is 2.41. The van der Waals surface area contributed by atoms with E-state index < -0.39 is 5.41 Å². The van der Waals surface area contributed by atoms with Gasteiger partial charge in [-0.2, -0.15) is 0 Å². The number of carbonyl (C=O) groups is 1. The minimum Gasteiger partial charge on any atom is -0.440 e. The van der Waals surface area contributed by atoms with Crippen LogP contribution in [0.1, 0.15) is 45.1 Å². The van der Waals surface area contributed by atoms with E-state index in [2.05, 4.69) is 10.3 Å². The lowest BCUT2D eigenvalue weighted by atomic mass is 9.73. The third-order valence-corrected chi connectivity index (χ3v) is 5.46. The van der Waals surface area contributed by atoms with E-state index in [1.54, 1.807) is 12.1 Å². The van der Waals surface area contributed by atoms with Gasteiger partial charge < -0.3 is 14.5 Å². The highest BCUT2D eigenvalue weighted by Crippen LogP contribution is 2.36. The van der Waals surface area contributed by atoms with Crippen LogP contribution < -0.4 is 5.32 Å². The Bertz CT molecular complexity index is 1030. The first-order valence-electron chi connectivity index (χ1n) is 9.84. The summed E-state index contributed by atoms with van der Waals surface area (Å²) in [5.41, 5.74) is 1.91. The molecule has 1 aromatic heterocycles. The number of oxazole rings is 1. The fourth-order valence-electron chi connectivity index (χ4n) is 3.71. The van der Waals surface area contributed by atoms with Crippen LogP contribution in [-0.4, -0.2) is 24.1 Å². The Morgan fingerprint density at radius 2 is 1.79 bits per heavy atom. The van der Waals surface area contributed by atoms with Gasteiger partial charge in [0.25, 0.3) is 0 Å². The predicted molar refractivity (Wildman–Crippen MR) is 109 cm³/mol. The summed E-state index contributed by atoms with van der Waals surface area (Å²) in [5, 5.41) is 3.04. The number of rotatable bonds is 3. The van der Waals surface area contributed by atoms with Crippen molar-refractivity contribution in [3.05, 3.63) is 59.7 Å². The SMILES string of the molecule is CC(C)(C)c1nc2cc(NC(=O)C3(c4ccc(F)cc4)CCOCC3)ccc2o1. The highest BCUT2D eigenvalue weighted by molar-refractivity contribution is 6.00. The van der Waals surface area contributed by atoms with Crippen molar-refractivity contribution < 1.29 is 18.3 Å². The third kappa shape index (κ3) is 3.77. The maximum Gasteiger partial charge on any atom is 0.235 e. The summed E-state index contributed by atoms with van der Waals surface area (Å²) < 4.78 is 24.7. The Kier molecular flexibility index (Phi) is 4.90. The minimum atomic E-state index is -0.749. The van der Waals surface area contributed by atoms with Gasteiger partial charge in [-0.05, 0) is 48.7 Å². The van der Waals surface area contributed by atoms with Crippen molar-refractivity contribution in [2.75, 3.05) is 18.5 Å². The molecule has 1 amide bonds. The number of fused-ring (bicyclic) bond motifs is 1. The van der Waals surface area contributed by atoms with E-state index in [4.69, 9.17) is 9.15 Å². The largest absolute Gasteiger partial charge is 0.440 e. The van der Waals surface area contributed by atoms with Crippen LogP contribution in [0.4, 0.5) is 10.1 Å². The van der Waals surface area contributed by atoms with Crippen LogP contribution in [-0.2, 0) is 20.4 Å². The molecule has 4 rings (SSSR count). The number of aromatic nitrogens is 1. The van der Waals surface area contributed by atoms with E-state index in [9.17, 15) is 9.18 Å². The van der Waals surface area contributed by atoms with E-state index in [0.717, 1.165) is 5.56 Å². The minimum absolute atomic E-state index is 0.119. The summed E-state index contributed by atoms with van der Waals surface area (Å²) in [6, 6.07) is 11.6. The lowest BCUT2D eigenvalue weighted by Gasteiger charge is -2.36. The molecule has 1 aliphatic heterocycles. The standard InChI is InChI=1S/C23H25FN2O3/c1-22(2,3)21-26-18-14-17(8-9-19(18)29-21)25-20(27)23(10-12-28-13-11-23)15-4-6-16(24)7-5-15/h4-9,14H,10-13H2,1-3H3,(H,25,27). The summed E-state index contributed by atoms with van der Waals surface area (Å²) in [6.07, 6.45) is 1.09. The van der Waals surface area contributed by atoms with Gasteiger partial charge in [0.15, 0.2) is 5.58 Å². The zero-order valence-corrected chi connectivity index (χ0v) is 16.9. The van der Waals surface area contributed by atoms with E-state index >= 15 is 0 Å². The normalized spacial score (nSPS) is 16.7.